The van der Waals surface area contributed by atoms with Gasteiger partial charge in [0.2, 0.25) is 0 Å². The number of nitrogens with zero attached hydrogens (tertiary/aromatic N) is 5. The highest BCUT2D eigenvalue weighted by atomic mass is 16.6. The second-order valence-corrected chi connectivity index (χ2v) is 7.72. The van der Waals surface area contributed by atoms with Crippen LogP contribution in [0.3, 0.4) is 0 Å². The lowest BCUT2D eigenvalue weighted by atomic mass is 10.2. The zero-order valence-corrected chi connectivity index (χ0v) is 16.8. The molecule has 3 heterocycles. The highest BCUT2D eigenvalue weighted by molar-refractivity contribution is 6.03. The maximum Gasteiger partial charge on any atom is 0.410 e. The largest absolute Gasteiger partial charge is 0.465 e. The molecule has 0 radical (unpaired) electrons. The third-order valence-electron chi connectivity index (χ3n) is 4.58. The molecular formula is C19H25N5O4. The van der Waals surface area contributed by atoms with E-state index in [1.54, 1.807) is 18.1 Å². The maximum absolute atomic E-state index is 12.3. The van der Waals surface area contributed by atoms with E-state index in [2.05, 4.69) is 15.0 Å². The number of methoxy groups -OCH3 is 1. The van der Waals surface area contributed by atoms with Gasteiger partial charge in [-0.3, -0.25) is 4.98 Å². The van der Waals surface area contributed by atoms with Crippen LogP contribution in [0, 0.1) is 0 Å². The Hall–Kier alpha value is -2.97. The van der Waals surface area contributed by atoms with Crippen LogP contribution in [-0.4, -0.2) is 70.8 Å². The fourth-order valence-corrected chi connectivity index (χ4v) is 3.17. The number of pyridine rings is 1. The summed E-state index contributed by atoms with van der Waals surface area (Å²) in [6.07, 6.45) is 4.98. The maximum atomic E-state index is 12.3. The molecule has 2 aromatic rings. The van der Waals surface area contributed by atoms with Crippen LogP contribution in [0.4, 0.5) is 10.6 Å². The van der Waals surface area contributed by atoms with Crippen LogP contribution in [0.2, 0.25) is 0 Å². The molecule has 0 saturated carbocycles. The topological polar surface area (TPSA) is 97.8 Å². The fraction of sp³-hybridized carbons (Fsp3) is 0.526. The molecule has 0 aromatic carbocycles. The molecule has 28 heavy (non-hydrogen) atoms. The smallest absolute Gasteiger partial charge is 0.410 e. The summed E-state index contributed by atoms with van der Waals surface area (Å²) in [5, 5.41) is 0. The van der Waals surface area contributed by atoms with E-state index in [0.29, 0.717) is 29.9 Å². The van der Waals surface area contributed by atoms with Crippen LogP contribution in [0.15, 0.2) is 18.6 Å². The molecule has 1 fully saturated rings. The Bertz CT molecular complexity index is 896. The average Bonchev–Trinajstić information content (AvgIpc) is 3.14. The Morgan fingerprint density at radius 2 is 1.86 bits per heavy atom. The third-order valence-corrected chi connectivity index (χ3v) is 4.58. The Kier molecular flexibility index (Phi) is 5.35. The van der Waals surface area contributed by atoms with Crippen molar-refractivity contribution in [2.75, 3.05) is 32.1 Å². The zero-order valence-electron chi connectivity index (χ0n) is 16.8. The quantitative estimate of drug-likeness (QED) is 0.740. The molecular weight excluding hydrogens is 362 g/mol. The lowest BCUT2D eigenvalue weighted by Gasteiger charge is -2.28. The van der Waals surface area contributed by atoms with E-state index in [1.807, 2.05) is 25.7 Å². The highest BCUT2D eigenvalue weighted by Crippen LogP contribution is 2.28. The predicted molar refractivity (Wildman–Crippen MR) is 103 cm³/mol. The zero-order chi connectivity index (χ0) is 20.5. The molecule has 150 valence electrons. The molecule has 1 aliphatic heterocycles. The van der Waals surface area contributed by atoms with Gasteiger partial charge in [-0.05, 0) is 27.2 Å². The van der Waals surface area contributed by atoms with E-state index < -0.39 is 11.6 Å². The molecule has 3 rings (SSSR count). The van der Waals surface area contributed by atoms with Gasteiger partial charge in [-0.2, -0.15) is 0 Å². The van der Waals surface area contributed by atoms with Gasteiger partial charge in [0.25, 0.3) is 0 Å². The van der Waals surface area contributed by atoms with Crippen LogP contribution in [-0.2, 0) is 9.47 Å². The van der Waals surface area contributed by atoms with Crippen LogP contribution in [0.25, 0.3) is 11.0 Å². The second kappa shape index (κ2) is 7.57. The van der Waals surface area contributed by atoms with E-state index in [-0.39, 0.29) is 17.7 Å². The van der Waals surface area contributed by atoms with Gasteiger partial charge in [0.05, 0.1) is 13.2 Å². The van der Waals surface area contributed by atoms with Gasteiger partial charge in [-0.15, -0.1) is 0 Å². The van der Waals surface area contributed by atoms with Gasteiger partial charge in [0, 0.05) is 38.7 Å². The first-order valence-electron chi connectivity index (χ1n) is 9.10. The average molecular weight is 387 g/mol. The van der Waals surface area contributed by atoms with Crippen molar-refractivity contribution in [1.82, 2.24) is 19.9 Å². The van der Waals surface area contributed by atoms with Gasteiger partial charge in [-0.1, -0.05) is 0 Å². The Labute approximate surface area is 163 Å². The number of rotatable bonds is 3. The van der Waals surface area contributed by atoms with E-state index in [4.69, 9.17) is 9.47 Å². The number of ether oxygens (including phenoxy) is 2. The van der Waals surface area contributed by atoms with Gasteiger partial charge >= 0.3 is 12.1 Å². The van der Waals surface area contributed by atoms with E-state index in [1.165, 1.54) is 19.5 Å². The molecule has 9 heteroatoms. The number of carbonyl (C=O) groups excluding carboxylic acids is 2. The van der Waals surface area contributed by atoms with Crippen molar-refractivity contribution in [2.45, 2.75) is 38.8 Å². The van der Waals surface area contributed by atoms with Crippen LogP contribution >= 0.6 is 0 Å². The van der Waals surface area contributed by atoms with Gasteiger partial charge in [0.1, 0.15) is 22.2 Å². The third kappa shape index (κ3) is 3.97. The summed E-state index contributed by atoms with van der Waals surface area (Å²) in [6.45, 7) is 6.83. The van der Waals surface area contributed by atoms with E-state index >= 15 is 0 Å². The predicted octanol–water partition coefficient (Wildman–Crippen LogP) is 2.26. The molecule has 1 amide bonds. The molecule has 0 N–H and O–H groups in total. The normalized spacial score (nSPS) is 16.9. The first-order chi connectivity index (χ1) is 13.2. The summed E-state index contributed by atoms with van der Waals surface area (Å²) in [7, 11) is 3.06. The van der Waals surface area contributed by atoms with Crippen LogP contribution in [0.5, 0.6) is 0 Å². The Morgan fingerprint density at radius 1 is 1.18 bits per heavy atom. The van der Waals surface area contributed by atoms with Gasteiger partial charge < -0.3 is 19.3 Å². The molecule has 1 unspecified atom stereocenters. The van der Waals surface area contributed by atoms with E-state index in [9.17, 15) is 9.59 Å². The minimum absolute atomic E-state index is 0.0105. The first kappa shape index (κ1) is 19.8. The summed E-state index contributed by atoms with van der Waals surface area (Å²) in [6, 6.07) is -0.0105. The number of hydrogen-bond donors (Lipinski definition) is 0. The highest BCUT2D eigenvalue weighted by Gasteiger charge is 2.32. The van der Waals surface area contributed by atoms with Crippen molar-refractivity contribution < 1.29 is 19.1 Å². The summed E-state index contributed by atoms with van der Waals surface area (Å²) in [5.74, 6) is 0.129. The number of hydrogen-bond acceptors (Lipinski definition) is 8. The van der Waals surface area contributed by atoms with Crippen molar-refractivity contribution >= 4 is 28.9 Å². The standard InChI is InChI=1S/C19H25N5O4/c1-19(2,3)28-18(26)23(4)12-6-9-24(11-12)16-15-14(20-7-8-21-15)13(10-22-16)17(25)27-5/h7-8,10,12H,6,9,11H2,1-5H3. The molecule has 1 atom stereocenters. The number of anilines is 1. The molecule has 0 spiro atoms. The molecule has 0 bridgehead atoms. The lowest BCUT2D eigenvalue weighted by molar-refractivity contribution is 0.0237. The van der Waals surface area contributed by atoms with Crippen molar-refractivity contribution in [3.8, 4) is 0 Å². The number of amides is 1. The van der Waals surface area contributed by atoms with Crippen molar-refractivity contribution in [3.63, 3.8) is 0 Å². The molecule has 1 saturated heterocycles. The number of carbonyl (C=O) groups is 2. The minimum atomic E-state index is -0.541. The summed E-state index contributed by atoms with van der Waals surface area (Å²) >= 11 is 0. The summed E-state index contributed by atoms with van der Waals surface area (Å²) in [4.78, 5) is 41.1. The summed E-state index contributed by atoms with van der Waals surface area (Å²) in [5.41, 5.74) is 0.714. The SMILES string of the molecule is COC(=O)c1cnc(N2CCC(N(C)C(=O)OC(C)(C)C)C2)c2nccnc12. The number of aromatic nitrogens is 3. The number of likely N-dealkylation sites (N-methyl/N-ethyl adjacent to an activating group) is 1. The van der Waals surface area contributed by atoms with Gasteiger partial charge in [-0.25, -0.2) is 19.6 Å². The molecule has 9 nitrogen and oxygen atoms in total. The lowest BCUT2D eigenvalue weighted by Crippen LogP contribution is -2.42. The Morgan fingerprint density at radius 3 is 2.50 bits per heavy atom. The number of esters is 1. The van der Waals surface area contributed by atoms with E-state index in [0.717, 1.165) is 6.42 Å². The first-order valence-corrected chi connectivity index (χ1v) is 9.10. The second-order valence-electron chi connectivity index (χ2n) is 7.72. The van der Waals surface area contributed by atoms with Crippen LogP contribution in [0.1, 0.15) is 37.6 Å². The monoisotopic (exact) mass is 387 g/mol. The Balaban J connectivity index is 1.83. The fourth-order valence-electron chi connectivity index (χ4n) is 3.17. The molecule has 2 aromatic heterocycles. The molecule has 0 aliphatic carbocycles. The van der Waals surface area contributed by atoms with Gasteiger partial charge in [0.15, 0.2) is 5.82 Å². The number of fused-ring (bicyclic) bond motifs is 1. The molecule has 1 aliphatic rings. The van der Waals surface area contributed by atoms with Crippen molar-refractivity contribution in [1.29, 1.82) is 0 Å². The van der Waals surface area contributed by atoms with Crippen molar-refractivity contribution in [2.24, 2.45) is 0 Å². The summed E-state index contributed by atoms with van der Waals surface area (Å²) < 4.78 is 10.3. The minimum Gasteiger partial charge on any atom is -0.465 e. The van der Waals surface area contributed by atoms with Crippen molar-refractivity contribution in [3.05, 3.63) is 24.2 Å². The van der Waals surface area contributed by atoms with Crippen LogP contribution < -0.4 is 4.90 Å².